The van der Waals surface area contributed by atoms with Crippen molar-refractivity contribution in [3.05, 3.63) is 81.0 Å². The zero-order valence-corrected chi connectivity index (χ0v) is 22.3. The van der Waals surface area contributed by atoms with E-state index in [1.165, 1.54) is 10.4 Å². The highest BCUT2D eigenvalue weighted by Gasteiger charge is 2.33. The van der Waals surface area contributed by atoms with Crippen molar-refractivity contribution in [2.45, 2.75) is 39.7 Å². The van der Waals surface area contributed by atoms with Crippen molar-refractivity contribution in [2.75, 3.05) is 33.4 Å². The van der Waals surface area contributed by atoms with Gasteiger partial charge in [0.15, 0.2) is 0 Å². The molecule has 0 unspecified atom stereocenters. The molecule has 0 N–H and O–H groups in total. The van der Waals surface area contributed by atoms with Gasteiger partial charge in [0.1, 0.15) is 24.7 Å². The molecule has 6 nitrogen and oxygen atoms in total. The fourth-order valence-electron chi connectivity index (χ4n) is 4.72. The second-order valence-electron chi connectivity index (χ2n) is 9.19. The van der Waals surface area contributed by atoms with Gasteiger partial charge in [-0.2, -0.15) is 0 Å². The maximum Gasteiger partial charge on any atom is 0.254 e. The first-order chi connectivity index (χ1) is 17.4. The van der Waals surface area contributed by atoms with Gasteiger partial charge in [-0.05, 0) is 73.5 Å². The minimum absolute atomic E-state index is 0.0312. The Bertz CT molecular complexity index is 1220. The molecule has 36 heavy (non-hydrogen) atoms. The van der Waals surface area contributed by atoms with E-state index in [2.05, 4.69) is 24.4 Å². The van der Waals surface area contributed by atoms with E-state index in [-0.39, 0.29) is 24.4 Å². The number of benzene rings is 2. The number of amides is 2. The van der Waals surface area contributed by atoms with Gasteiger partial charge in [0.05, 0.1) is 13.2 Å². The molecule has 1 aromatic heterocycles. The molecule has 2 amide bonds. The van der Waals surface area contributed by atoms with Crippen molar-refractivity contribution in [2.24, 2.45) is 0 Å². The molecule has 0 spiro atoms. The van der Waals surface area contributed by atoms with Crippen LogP contribution in [0.25, 0.3) is 0 Å². The Morgan fingerprint density at radius 1 is 1.14 bits per heavy atom. The van der Waals surface area contributed by atoms with E-state index < -0.39 is 0 Å². The summed E-state index contributed by atoms with van der Waals surface area (Å²) in [6.45, 7) is 7.62. The van der Waals surface area contributed by atoms with Crippen LogP contribution in [0.1, 0.15) is 51.3 Å². The molecule has 0 fully saturated rings. The van der Waals surface area contributed by atoms with E-state index in [1.54, 1.807) is 47.6 Å². The third-order valence-corrected chi connectivity index (χ3v) is 7.56. The molecule has 0 bridgehead atoms. The van der Waals surface area contributed by atoms with Crippen LogP contribution >= 0.6 is 11.3 Å². The predicted molar refractivity (Wildman–Crippen MR) is 143 cm³/mol. The number of thiophene rings is 1. The molecular weight excluding hydrogens is 472 g/mol. The van der Waals surface area contributed by atoms with Gasteiger partial charge in [0.25, 0.3) is 5.91 Å². The first kappa shape index (κ1) is 25.8. The van der Waals surface area contributed by atoms with Crippen LogP contribution in [0.2, 0.25) is 0 Å². The van der Waals surface area contributed by atoms with E-state index in [0.29, 0.717) is 31.0 Å². The summed E-state index contributed by atoms with van der Waals surface area (Å²) < 4.78 is 11.5. The van der Waals surface area contributed by atoms with Crippen LogP contribution in [-0.2, 0) is 11.2 Å². The average Bonchev–Trinajstić information content (AvgIpc) is 3.36. The molecular formula is C29H34N2O4S. The number of hydrogen-bond donors (Lipinski definition) is 0. The topological polar surface area (TPSA) is 59.1 Å². The predicted octanol–water partition coefficient (Wildman–Crippen LogP) is 5.43. The van der Waals surface area contributed by atoms with Crippen LogP contribution in [0.5, 0.6) is 11.5 Å². The van der Waals surface area contributed by atoms with Gasteiger partial charge in [0, 0.05) is 23.5 Å². The number of ether oxygens (including phenoxy) is 2. The fourth-order valence-corrected chi connectivity index (χ4v) is 5.65. The number of rotatable bonds is 9. The molecule has 3 aromatic rings. The molecule has 2 aromatic carbocycles. The summed E-state index contributed by atoms with van der Waals surface area (Å²) in [4.78, 5) is 31.8. The van der Waals surface area contributed by atoms with Gasteiger partial charge in [-0.3, -0.25) is 9.59 Å². The molecule has 0 radical (unpaired) electrons. The first-order valence-electron chi connectivity index (χ1n) is 12.4. The van der Waals surface area contributed by atoms with Gasteiger partial charge in [-0.1, -0.05) is 30.7 Å². The molecule has 2 heterocycles. The van der Waals surface area contributed by atoms with Crippen molar-refractivity contribution >= 4 is 23.2 Å². The number of nitrogens with zero attached hydrogens (tertiary/aromatic N) is 2. The van der Waals surface area contributed by atoms with Gasteiger partial charge < -0.3 is 19.3 Å². The van der Waals surface area contributed by atoms with E-state index in [9.17, 15) is 9.59 Å². The SMILES string of the molecule is CCCN(CC(=O)N1CCc2sccc2[C@@H]1COc1ccc(C)cc1C)C(=O)c1cccc(OC)c1. The summed E-state index contributed by atoms with van der Waals surface area (Å²) in [5.41, 5.74) is 3.92. The van der Waals surface area contributed by atoms with Crippen molar-refractivity contribution in [1.29, 1.82) is 0 Å². The minimum atomic E-state index is -0.191. The number of methoxy groups -OCH3 is 1. The van der Waals surface area contributed by atoms with E-state index >= 15 is 0 Å². The number of carbonyl (C=O) groups excluding carboxylic acids is 2. The second-order valence-corrected chi connectivity index (χ2v) is 10.2. The monoisotopic (exact) mass is 506 g/mol. The van der Waals surface area contributed by atoms with Crippen LogP contribution in [0, 0.1) is 13.8 Å². The van der Waals surface area contributed by atoms with Crippen molar-refractivity contribution < 1.29 is 19.1 Å². The standard InChI is InChI=1S/C29H34N2O4S/c1-5-13-30(29(33)22-7-6-8-23(17-22)34-4)18-28(32)31-14-11-27-24(12-15-36-27)25(31)19-35-26-10-9-20(2)16-21(26)3/h6-10,12,15-17,25H,5,11,13-14,18-19H2,1-4H3/t25-/m0/s1. The number of hydrogen-bond acceptors (Lipinski definition) is 5. The number of aryl methyl sites for hydroxylation is 2. The summed E-state index contributed by atoms with van der Waals surface area (Å²) in [5, 5.41) is 2.08. The van der Waals surface area contributed by atoms with Crippen molar-refractivity contribution in [3.8, 4) is 11.5 Å². The summed E-state index contributed by atoms with van der Waals surface area (Å²) >= 11 is 1.73. The lowest BCUT2D eigenvalue weighted by Gasteiger charge is -2.37. The lowest BCUT2D eigenvalue weighted by Crippen LogP contribution is -2.48. The van der Waals surface area contributed by atoms with Gasteiger partial charge in [-0.15, -0.1) is 11.3 Å². The lowest BCUT2D eigenvalue weighted by molar-refractivity contribution is -0.135. The molecule has 1 atom stereocenters. The lowest BCUT2D eigenvalue weighted by atomic mass is 10.00. The van der Waals surface area contributed by atoms with E-state index in [4.69, 9.17) is 9.47 Å². The van der Waals surface area contributed by atoms with Gasteiger partial charge >= 0.3 is 0 Å². The summed E-state index contributed by atoms with van der Waals surface area (Å²) in [7, 11) is 1.58. The fraction of sp³-hybridized carbons (Fsp3) is 0.379. The Morgan fingerprint density at radius 2 is 1.97 bits per heavy atom. The van der Waals surface area contributed by atoms with Crippen molar-refractivity contribution in [1.82, 2.24) is 9.80 Å². The Morgan fingerprint density at radius 3 is 2.72 bits per heavy atom. The highest BCUT2D eigenvalue weighted by atomic mass is 32.1. The van der Waals surface area contributed by atoms with Crippen LogP contribution in [0.3, 0.4) is 0 Å². The second kappa shape index (κ2) is 11.6. The molecule has 0 aliphatic carbocycles. The zero-order valence-electron chi connectivity index (χ0n) is 21.5. The zero-order chi connectivity index (χ0) is 25.7. The maximum atomic E-state index is 13.7. The maximum absolute atomic E-state index is 13.7. The molecule has 1 aliphatic rings. The van der Waals surface area contributed by atoms with Gasteiger partial charge in [-0.25, -0.2) is 0 Å². The Hall–Kier alpha value is -3.32. The molecule has 4 rings (SSSR count). The van der Waals surface area contributed by atoms with Crippen LogP contribution in [0.15, 0.2) is 53.9 Å². The highest BCUT2D eigenvalue weighted by Crippen LogP contribution is 2.34. The molecule has 0 saturated heterocycles. The van der Waals surface area contributed by atoms with Crippen LogP contribution < -0.4 is 9.47 Å². The summed E-state index contributed by atoms with van der Waals surface area (Å²) in [6, 6.07) is 15.1. The smallest absolute Gasteiger partial charge is 0.254 e. The molecule has 0 saturated carbocycles. The van der Waals surface area contributed by atoms with Crippen LogP contribution in [-0.4, -0.2) is 55.0 Å². The quantitative estimate of drug-likeness (QED) is 0.388. The largest absolute Gasteiger partial charge is 0.497 e. The third kappa shape index (κ3) is 5.73. The molecule has 1 aliphatic heterocycles. The van der Waals surface area contributed by atoms with Crippen molar-refractivity contribution in [3.63, 3.8) is 0 Å². The average molecular weight is 507 g/mol. The number of carbonyl (C=O) groups is 2. The minimum Gasteiger partial charge on any atom is -0.497 e. The Kier molecular flexibility index (Phi) is 8.31. The molecule has 190 valence electrons. The Balaban J connectivity index is 1.53. The summed E-state index contributed by atoms with van der Waals surface area (Å²) in [5.74, 6) is 1.22. The van der Waals surface area contributed by atoms with Gasteiger partial charge in [0.2, 0.25) is 5.91 Å². The summed E-state index contributed by atoms with van der Waals surface area (Å²) in [6.07, 6.45) is 1.58. The first-order valence-corrected chi connectivity index (χ1v) is 13.3. The third-order valence-electron chi connectivity index (χ3n) is 6.57. The van der Waals surface area contributed by atoms with Crippen LogP contribution in [0.4, 0.5) is 0 Å². The Labute approximate surface area is 217 Å². The van der Waals surface area contributed by atoms with E-state index in [1.807, 2.05) is 30.9 Å². The highest BCUT2D eigenvalue weighted by molar-refractivity contribution is 7.10. The van der Waals surface area contributed by atoms with E-state index in [0.717, 1.165) is 29.7 Å². The molecule has 7 heteroatoms. The normalized spacial score (nSPS) is 14.8. The number of fused-ring (bicyclic) bond motifs is 1.